The molecule has 3 heteroatoms. The number of nitrogens with zero attached hydrogens (tertiary/aromatic N) is 1. The molecule has 2 N–H and O–H groups in total. The normalized spacial score (nSPS) is 12.2. The maximum absolute atomic E-state index is 12.9. The summed E-state index contributed by atoms with van der Waals surface area (Å²) >= 11 is 0. The Kier molecular flexibility index (Phi) is 2.99. The second-order valence-electron chi connectivity index (χ2n) is 2.90. The van der Waals surface area contributed by atoms with Crippen molar-refractivity contribution in [1.29, 1.82) is 5.26 Å². The van der Waals surface area contributed by atoms with Crippen molar-refractivity contribution < 1.29 is 4.39 Å². The standard InChI is InChI=1S/C10H11FN2/c1-2-10(13)8-3-7(6-12)4-9(11)5-8/h3-5,10H,2,13H2,1H3. The molecule has 0 bridgehead atoms. The van der Waals surface area contributed by atoms with Crippen LogP contribution in [0.2, 0.25) is 0 Å². The second-order valence-corrected chi connectivity index (χ2v) is 2.90. The number of hydrogen-bond donors (Lipinski definition) is 1. The summed E-state index contributed by atoms with van der Waals surface area (Å²) in [5.41, 5.74) is 6.71. The summed E-state index contributed by atoms with van der Waals surface area (Å²) in [6.45, 7) is 1.92. The molecular formula is C10H11FN2. The predicted octanol–water partition coefficient (Wildman–Crippen LogP) is 2.11. The summed E-state index contributed by atoms with van der Waals surface area (Å²) in [6.07, 6.45) is 0.730. The van der Waals surface area contributed by atoms with Gasteiger partial charge in [0.25, 0.3) is 0 Å². The average molecular weight is 178 g/mol. The summed E-state index contributed by atoms with van der Waals surface area (Å²) in [7, 11) is 0. The van der Waals surface area contributed by atoms with Crippen molar-refractivity contribution in [1.82, 2.24) is 0 Å². The zero-order chi connectivity index (χ0) is 9.84. The van der Waals surface area contributed by atoms with Crippen molar-refractivity contribution in [2.75, 3.05) is 0 Å². The van der Waals surface area contributed by atoms with Gasteiger partial charge in [-0.2, -0.15) is 5.26 Å². The molecule has 1 rings (SSSR count). The Morgan fingerprint density at radius 1 is 1.54 bits per heavy atom. The van der Waals surface area contributed by atoms with E-state index in [-0.39, 0.29) is 6.04 Å². The first-order valence-corrected chi connectivity index (χ1v) is 4.13. The molecule has 0 amide bonds. The number of rotatable bonds is 2. The highest BCUT2D eigenvalue weighted by atomic mass is 19.1. The van der Waals surface area contributed by atoms with Crippen LogP contribution in [-0.4, -0.2) is 0 Å². The van der Waals surface area contributed by atoms with Gasteiger partial charge < -0.3 is 5.73 Å². The maximum atomic E-state index is 12.9. The Balaban J connectivity index is 3.10. The van der Waals surface area contributed by atoms with Crippen molar-refractivity contribution in [3.05, 3.63) is 35.1 Å². The first-order valence-electron chi connectivity index (χ1n) is 4.13. The van der Waals surface area contributed by atoms with Crippen LogP contribution in [0.5, 0.6) is 0 Å². The van der Waals surface area contributed by atoms with Crippen LogP contribution in [-0.2, 0) is 0 Å². The van der Waals surface area contributed by atoms with Gasteiger partial charge in [0.1, 0.15) is 5.82 Å². The Morgan fingerprint density at radius 2 is 2.23 bits per heavy atom. The van der Waals surface area contributed by atoms with Crippen LogP contribution in [0.15, 0.2) is 18.2 Å². The second kappa shape index (κ2) is 4.01. The van der Waals surface area contributed by atoms with Gasteiger partial charge in [-0.05, 0) is 30.2 Å². The highest BCUT2D eigenvalue weighted by Gasteiger charge is 2.06. The van der Waals surface area contributed by atoms with Gasteiger partial charge in [-0.15, -0.1) is 0 Å². The molecule has 0 saturated heterocycles. The Bertz CT molecular complexity index is 341. The highest BCUT2D eigenvalue weighted by molar-refractivity contribution is 5.34. The molecule has 1 atom stereocenters. The molecule has 68 valence electrons. The van der Waals surface area contributed by atoms with Gasteiger partial charge in [-0.1, -0.05) is 6.92 Å². The number of hydrogen-bond acceptors (Lipinski definition) is 2. The van der Waals surface area contributed by atoms with E-state index >= 15 is 0 Å². The van der Waals surface area contributed by atoms with E-state index in [2.05, 4.69) is 0 Å². The fourth-order valence-electron chi connectivity index (χ4n) is 1.13. The molecule has 0 aliphatic rings. The quantitative estimate of drug-likeness (QED) is 0.754. The molecule has 2 nitrogen and oxygen atoms in total. The minimum atomic E-state index is -0.405. The van der Waals surface area contributed by atoms with Crippen LogP contribution in [0, 0.1) is 17.1 Å². The highest BCUT2D eigenvalue weighted by Crippen LogP contribution is 2.16. The summed E-state index contributed by atoms with van der Waals surface area (Å²) in [6, 6.07) is 5.89. The van der Waals surface area contributed by atoms with Crippen LogP contribution in [0.1, 0.15) is 30.5 Å². The molecule has 0 heterocycles. The maximum Gasteiger partial charge on any atom is 0.124 e. The number of benzene rings is 1. The third-order valence-electron chi connectivity index (χ3n) is 1.92. The van der Waals surface area contributed by atoms with Crippen LogP contribution in [0.4, 0.5) is 4.39 Å². The van der Waals surface area contributed by atoms with Crippen molar-refractivity contribution in [3.8, 4) is 6.07 Å². The van der Waals surface area contributed by atoms with Gasteiger partial charge in [0, 0.05) is 6.04 Å². The van der Waals surface area contributed by atoms with Gasteiger partial charge >= 0.3 is 0 Å². The van der Waals surface area contributed by atoms with Gasteiger partial charge in [-0.3, -0.25) is 0 Å². The van der Waals surface area contributed by atoms with E-state index in [9.17, 15) is 4.39 Å². The predicted molar refractivity (Wildman–Crippen MR) is 48.3 cm³/mol. The van der Waals surface area contributed by atoms with E-state index in [0.717, 1.165) is 6.42 Å². The number of nitriles is 1. The van der Waals surface area contributed by atoms with Crippen LogP contribution in [0.25, 0.3) is 0 Å². The van der Waals surface area contributed by atoms with E-state index in [1.54, 1.807) is 6.07 Å². The summed E-state index contributed by atoms with van der Waals surface area (Å²) in [5, 5.41) is 8.58. The molecule has 0 aliphatic carbocycles. The largest absolute Gasteiger partial charge is 0.324 e. The molecule has 0 saturated carbocycles. The summed E-state index contributed by atoms with van der Waals surface area (Å²) in [5.74, 6) is -0.405. The van der Waals surface area contributed by atoms with Gasteiger partial charge in [-0.25, -0.2) is 4.39 Å². The zero-order valence-electron chi connectivity index (χ0n) is 7.42. The zero-order valence-corrected chi connectivity index (χ0v) is 7.42. The fraction of sp³-hybridized carbons (Fsp3) is 0.300. The van der Waals surface area contributed by atoms with Crippen molar-refractivity contribution >= 4 is 0 Å². The number of halogens is 1. The first-order chi connectivity index (χ1) is 6.17. The molecule has 0 fully saturated rings. The lowest BCUT2D eigenvalue weighted by Gasteiger charge is -2.08. The molecule has 0 radical (unpaired) electrons. The monoisotopic (exact) mass is 178 g/mol. The molecule has 1 aromatic rings. The first kappa shape index (κ1) is 9.69. The molecule has 1 unspecified atom stereocenters. The van der Waals surface area contributed by atoms with E-state index in [4.69, 9.17) is 11.0 Å². The lowest BCUT2D eigenvalue weighted by atomic mass is 10.0. The minimum Gasteiger partial charge on any atom is -0.324 e. The van der Waals surface area contributed by atoms with Crippen molar-refractivity contribution in [3.63, 3.8) is 0 Å². The molecule has 0 aromatic heterocycles. The van der Waals surface area contributed by atoms with E-state index in [1.165, 1.54) is 12.1 Å². The third kappa shape index (κ3) is 2.27. The SMILES string of the molecule is CCC(N)c1cc(F)cc(C#N)c1. The van der Waals surface area contributed by atoms with Crippen molar-refractivity contribution in [2.24, 2.45) is 5.73 Å². The Hall–Kier alpha value is -1.40. The average Bonchev–Trinajstić information content (AvgIpc) is 2.15. The number of nitrogens with two attached hydrogens (primary N) is 1. The van der Waals surface area contributed by atoms with Crippen LogP contribution >= 0.6 is 0 Å². The summed E-state index contributed by atoms with van der Waals surface area (Å²) < 4.78 is 12.9. The fourth-order valence-corrected chi connectivity index (χ4v) is 1.13. The van der Waals surface area contributed by atoms with Gasteiger partial charge in [0.05, 0.1) is 11.6 Å². The van der Waals surface area contributed by atoms with Crippen molar-refractivity contribution in [2.45, 2.75) is 19.4 Å². The molecule has 0 aliphatic heterocycles. The van der Waals surface area contributed by atoms with Gasteiger partial charge in [0.15, 0.2) is 0 Å². The van der Waals surface area contributed by atoms with E-state index in [1.807, 2.05) is 13.0 Å². The molecule has 0 spiro atoms. The summed E-state index contributed by atoms with van der Waals surface area (Å²) in [4.78, 5) is 0. The lowest BCUT2D eigenvalue weighted by molar-refractivity contribution is 0.616. The Labute approximate surface area is 76.8 Å². The molecular weight excluding hydrogens is 167 g/mol. The smallest absolute Gasteiger partial charge is 0.124 e. The van der Waals surface area contributed by atoms with Crippen LogP contribution < -0.4 is 5.73 Å². The van der Waals surface area contributed by atoms with E-state index < -0.39 is 5.82 Å². The van der Waals surface area contributed by atoms with Crippen LogP contribution in [0.3, 0.4) is 0 Å². The van der Waals surface area contributed by atoms with Gasteiger partial charge in [0.2, 0.25) is 0 Å². The molecule has 13 heavy (non-hydrogen) atoms. The minimum absolute atomic E-state index is 0.192. The third-order valence-corrected chi connectivity index (χ3v) is 1.92. The molecule has 1 aromatic carbocycles. The Morgan fingerprint density at radius 3 is 2.77 bits per heavy atom. The lowest BCUT2D eigenvalue weighted by Crippen LogP contribution is -2.09. The topological polar surface area (TPSA) is 49.8 Å². The van der Waals surface area contributed by atoms with E-state index in [0.29, 0.717) is 11.1 Å².